The Labute approximate surface area is 166 Å². The number of hydrogen-bond donors (Lipinski definition) is 1. The monoisotopic (exact) mass is 421 g/mol. The van der Waals surface area contributed by atoms with Crippen LogP contribution in [0.25, 0.3) is 5.78 Å². The predicted octanol–water partition coefficient (Wildman–Crippen LogP) is 3.25. The Bertz CT molecular complexity index is 1270. The second-order valence-corrected chi connectivity index (χ2v) is 10.00. The summed E-state index contributed by atoms with van der Waals surface area (Å²) in [6.45, 7) is 3.49. The zero-order valence-corrected chi connectivity index (χ0v) is 17.1. The molecule has 10 heteroatoms. The summed E-state index contributed by atoms with van der Waals surface area (Å²) < 4.78 is 51.4. The number of hydrogen-bond acceptors (Lipinski definition) is 5. The largest absolute Gasteiger partial charge is 0.312 e. The zero-order chi connectivity index (χ0) is 21.1. The van der Waals surface area contributed by atoms with Crippen LogP contribution in [0.15, 0.2) is 28.0 Å². The second-order valence-electron chi connectivity index (χ2n) is 7.84. The molecule has 2 heterocycles. The van der Waals surface area contributed by atoms with E-state index in [9.17, 15) is 17.8 Å². The average Bonchev–Trinajstić information content (AvgIpc) is 3.37. The van der Waals surface area contributed by atoms with E-state index >= 15 is 0 Å². The van der Waals surface area contributed by atoms with Crippen LogP contribution in [-0.2, 0) is 16.3 Å². The highest BCUT2D eigenvalue weighted by molar-refractivity contribution is 7.91. The third kappa shape index (κ3) is 3.57. The number of benzene rings is 1. The fourth-order valence-corrected chi connectivity index (χ4v) is 3.85. The quantitative estimate of drug-likeness (QED) is 0.684. The fraction of sp³-hybridized carbons (Fsp3) is 0.421. The SMILES string of the molecule is CC(C)c1cn(Cc2c(F)cc(S(C)(=N)=O)cc2F)c2nc(C3CC3)nn2c1=O. The molecule has 1 atom stereocenters. The van der Waals surface area contributed by atoms with Gasteiger partial charge in [-0.1, -0.05) is 13.8 Å². The van der Waals surface area contributed by atoms with E-state index in [1.165, 1.54) is 9.08 Å². The summed E-state index contributed by atoms with van der Waals surface area (Å²) in [4.78, 5) is 17.0. The normalized spacial score (nSPS) is 16.5. The minimum absolute atomic E-state index is 0.114. The van der Waals surface area contributed by atoms with Gasteiger partial charge in [-0.3, -0.25) is 4.79 Å². The van der Waals surface area contributed by atoms with Gasteiger partial charge in [0.1, 0.15) is 11.6 Å². The molecule has 2 aromatic heterocycles. The maximum atomic E-state index is 14.6. The van der Waals surface area contributed by atoms with Gasteiger partial charge in [0.2, 0.25) is 5.78 Å². The zero-order valence-electron chi connectivity index (χ0n) is 16.3. The van der Waals surface area contributed by atoms with E-state index in [4.69, 9.17) is 4.78 Å². The van der Waals surface area contributed by atoms with Gasteiger partial charge in [-0.15, -0.1) is 5.10 Å². The van der Waals surface area contributed by atoms with Gasteiger partial charge in [-0.05, 0) is 30.9 Å². The average molecular weight is 421 g/mol. The van der Waals surface area contributed by atoms with Crippen LogP contribution in [0, 0.1) is 16.4 Å². The number of nitrogens with zero attached hydrogens (tertiary/aromatic N) is 4. The Morgan fingerprint density at radius 3 is 2.41 bits per heavy atom. The molecule has 0 amide bonds. The molecule has 4 rings (SSSR count). The number of halogens is 2. The summed E-state index contributed by atoms with van der Waals surface area (Å²) in [5.41, 5.74) is -0.0829. The molecule has 0 radical (unpaired) electrons. The molecular weight excluding hydrogens is 400 g/mol. The van der Waals surface area contributed by atoms with Crippen LogP contribution in [0.3, 0.4) is 0 Å². The van der Waals surface area contributed by atoms with Crippen LogP contribution in [-0.4, -0.2) is 29.6 Å². The van der Waals surface area contributed by atoms with Crippen LogP contribution in [0.1, 0.15) is 55.5 Å². The van der Waals surface area contributed by atoms with Gasteiger partial charge in [0.05, 0.1) is 21.2 Å². The van der Waals surface area contributed by atoms with Gasteiger partial charge >= 0.3 is 0 Å². The molecule has 1 saturated carbocycles. The third-order valence-corrected chi connectivity index (χ3v) is 6.19. The molecule has 1 fully saturated rings. The van der Waals surface area contributed by atoms with Gasteiger partial charge in [-0.2, -0.15) is 9.50 Å². The van der Waals surface area contributed by atoms with Gasteiger partial charge < -0.3 is 4.57 Å². The van der Waals surface area contributed by atoms with Crippen LogP contribution in [0.2, 0.25) is 0 Å². The molecule has 154 valence electrons. The van der Waals surface area contributed by atoms with Crippen molar-refractivity contribution in [1.82, 2.24) is 19.2 Å². The first kappa shape index (κ1) is 19.7. The summed E-state index contributed by atoms with van der Waals surface area (Å²) in [5.74, 6) is -0.903. The van der Waals surface area contributed by atoms with E-state index in [0.717, 1.165) is 31.2 Å². The Morgan fingerprint density at radius 1 is 1.28 bits per heavy atom. The minimum Gasteiger partial charge on any atom is -0.312 e. The van der Waals surface area contributed by atoms with Crippen LogP contribution in [0.4, 0.5) is 8.78 Å². The van der Waals surface area contributed by atoms with E-state index in [1.54, 1.807) is 6.20 Å². The van der Waals surface area contributed by atoms with Gasteiger partial charge in [-0.25, -0.2) is 17.8 Å². The molecule has 0 aliphatic heterocycles. The highest BCUT2D eigenvalue weighted by atomic mass is 32.2. The summed E-state index contributed by atoms with van der Waals surface area (Å²) in [5, 5.41) is 4.33. The van der Waals surface area contributed by atoms with Crippen molar-refractivity contribution in [2.45, 2.75) is 50.0 Å². The van der Waals surface area contributed by atoms with Gasteiger partial charge in [0.15, 0.2) is 5.82 Å². The molecule has 1 N–H and O–H groups in total. The number of aromatic nitrogens is 4. The maximum absolute atomic E-state index is 14.6. The van der Waals surface area contributed by atoms with Crippen molar-refractivity contribution in [2.24, 2.45) is 0 Å². The summed E-state index contributed by atoms with van der Waals surface area (Å²) in [7, 11) is -3.25. The van der Waals surface area contributed by atoms with E-state index < -0.39 is 21.4 Å². The molecule has 29 heavy (non-hydrogen) atoms. The molecule has 0 bridgehead atoms. The second kappa shape index (κ2) is 6.72. The Morgan fingerprint density at radius 2 is 1.90 bits per heavy atom. The van der Waals surface area contributed by atoms with E-state index in [0.29, 0.717) is 11.4 Å². The smallest absolute Gasteiger partial charge is 0.279 e. The molecular formula is C19H21F2N5O2S. The van der Waals surface area contributed by atoms with Crippen molar-refractivity contribution in [3.05, 3.63) is 57.3 Å². The van der Waals surface area contributed by atoms with Crippen molar-refractivity contribution in [3.63, 3.8) is 0 Å². The lowest BCUT2D eigenvalue weighted by Crippen LogP contribution is -2.24. The lowest BCUT2D eigenvalue weighted by molar-refractivity contribution is 0.537. The van der Waals surface area contributed by atoms with Gasteiger partial charge in [0.25, 0.3) is 5.56 Å². The fourth-order valence-electron chi connectivity index (χ4n) is 3.20. The van der Waals surface area contributed by atoms with E-state index in [1.807, 2.05) is 13.8 Å². The number of fused-ring (bicyclic) bond motifs is 1. The number of rotatable bonds is 5. The van der Waals surface area contributed by atoms with Crippen molar-refractivity contribution < 1.29 is 13.0 Å². The summed E-state index contributed by atoms with van der Waals surface area (Å²) in [6.07, 6.45) is 4.58. The van der Waals surface area contributed by atoms with Gasteiger partial charge in [0, 0.05) is 29.5 Å². The molecule has 1 aromatic carbocycles. The van der Waals surface area contributed by atoms with Crippen LogP contribution >= 0.6 is 0 Å². The standard InChI is InChI=1S/C19H21F2N5O2S/c1-10(2)13-8-25(19-23-17(11-4-5-11)24-26(19)18(13)27)9-14-15(20)6-12(7-16(14)21)29(3,22)28/h6-8,10-11,22H,4-5,9H2,1-3H3. The van der Waals surface area contributed by atoms with Crippen molar-refractivity contribution in [2.75, 3.05) is 6.26 Å². The highest BCUT2D eigenvalue weighted by Gasteiger charge is 2.29. The maximum Gasteiger partial charge on any atom is 0.279 e. The summed E-state index contributed by atoms with van der Waals surface area (Å²) >= 11 is 0. The lowest BCUT2D eigenvalue weighted by atomic mass is 10.1. The summed E-state index contributed by atoms with van der Waals surface area (Å²) in [6, 6.07) is 1.85. The minimum atomic E-state index is -3.25. The first-order valence-electron chi connectivity index (χ1n) is 9.28. The molecule has 3 aromatic rings. The lowest BCUT2D eigenvalue weighted by Gasteiger charge is -2.14. The molecule has 0 saturated heterocycles. The first-order chi connectivity index (χ1) is 13.6. The van der Waals surface area contributed by atoms with Crippen LogP contribution in [0.5, 0.6) is 0 Å². The molecule has 0 spiro atoms. The van der Waals surface area contributed by atoms with Crippen molar-refractivity contribution >= 4 is 15.5 Å². The molecule has 1 aliphatic carbocycles. The van der Waals surface area contributed by atoms with Crippen molar-refractivity contribution in [1.29, 1.82) is 4.78 Å². The molecule has 1 unspecified atom stereocenters. The Kier molecular flexibility index (Phi) is 4.56. The van der Waals surface area contributed by atoms with Crippen LogP contribution < -0.4 is 5.56 Å². The molecule has 7 nitrogen and oxygen atoms in total. The predicted molar refractivity (Wildman–Crippen MR) is 104 cm³/mol. The van der Waals surface area contributed by atoms with Crippen molar-refractivity contribution in [3.8, 4) is 0 Å². The Hall–Kier alpha value is -2.62. The van der Waals surface area contributed by atoms with E-state index in [-0.39, 0.29) is 40.2 Å². The topological polar surface area (TPSA) is 93.1 Å². The highest BCUT2D eigenvalue weighted by Crippen LogP contribution is 2.38. The number of nitrogens with one attached hydrogen (secondary N) is 1. The Balaban J connectivity index is 1.88. The molecule has 1 aliphatic rings. The first-order valence-corrected chi connectivity index (χ1v) is 11.2. The van der Waals surface area contributed by atoms with E-state index in [2.05, 4.69) is 10.1 Å². The third-order valence-electron chi connectivity index (χ3n) is 5.05.